The molecule has 1 saturated heterocycles. The Morgan fingerprint density at radius 3 is 2.73 bits per heavy atom. The zero-order valence-electron chi connectivity index (χ0n) is 13.0. The minimum absolute atomic E-state index is 0.0218. The van der Waals surface area contributed by atoms with Crippen LogP contribution in [0.5, 0.6) is 0 Å². The third kappa shape index (κ3) is 2.68. The first-order chi connectivity index (χ1) is 10.7. The molecule has 3 aliphatic heterocycles. The summed E-state index contributed by atoms with van der Waals surface area (Å²) in [6.07, 6.45) is 4.63. The molecule has 5 nitrogen and oxygen atoms in total. The molecule has 0 aromatic carbocycles. The van der Waals surface area contributed by atoms with Crippen LogP contribution in [-0.4, -0.2) is 66.4 Å². The van der Waals surface area contributed by atoms with Crippen LogP contribution in [0.2, 0.25) is 0 Å². The second-order valence-electron chi connectivity index (χ2n) is 6.59. The van der Waals surface area contributed by atoms with Crippen LogP contribution >= 0.6 is 11.8 Å². The van der Waals surface area contributed by atoms with Crippen molar-refractivity contribution in [2.75, 3.05) is 39.8 Å². The highest BCUT2D eigenvalue weighted by molar-refractivity contribution is 8.17. The van der Waals surface area contributed by atoms with E-state index in [1.807, 2.05) is 0 Å². The Morgan fingerprint density at radius 1 is 1.14 bits per heavy atom. The summed E-state index contributed by atoms with van der Waals surface area (Å²) in [5.41, 5.74) is 1.32. The van der Waals surface area contributed by atoms with Crippen molar-refractivity contribution in [2.45, 2.75) is 25.7 Å². The monoisotopic (exact) mass is 318 g/mol. The molecule has 1 unspecified atom stereocenters. The molecule has 0 aromatic rings. The number of hydrogen-bond donors (Lipinski definition) is 0. The van der Waals surface area contributed by atoms with E-state index in [0.717, 1.165) is 44.1 Å². The molecule has 0 spiro atoms. The topological polar surface area (TPSA) is 48.3 Å². The molecule has 0 saturated carbocycles. The number of carbonyl (C=O) groups excluding carboxylic acids is 1. The van der Waals surface area contributed by atoms with Crippen LogP contribution in [0.15, 0.2) is 20.5 Å². The van der Waals surface area contributed by atoms with Crippen molar-refractivity contribution in [2.24, 2.45) is 15.9 Å². The summed E-state index contributed by atoms with van der Waals surface area (Å²) in [6.45, 7) is 4.91. The molecule has 1 fully saturated rings. The largest absolute Gasteiger partial charge is 0.304 e. The number of rotatable bonds is 2. The van der Waals surface area contributed by atoms with Gasteiger partial charge >= 0.3 is 0 Å². The number of piperazine rings is 1. The maximum Gasteiger partial charge on any atom is 0.261 e. The molecule has 0 N–H and O–H groups in total. The Balaban J connectivity index is 1.48. The Hall–Kier alpha value is -0.980. The van der Waals surface area contributed by atoms with E-state index in [1.54, 1.807) is 11.8 Å². The fourth-order valence-electron chi connectivity index (χ4n) is 3.62. The molecule has 3 heterocycles. The summed E-state index contributed by atoms with van der Waals surface area (Å²) >= 11 is 1.75. The summed E-state index contributed by atoms with van der Waals surface area (Å²) < 4.78 is 0. The maximum atomic E-state index is 12.5. The van der Waals surface area contributed by atoms with Crippen molar-refractivity contribution in [3.63, 3.8) is 0 Å². The van der Waals surface area contributed by atoms with E-state index in [4.69, 9.17) is 4.99 Å². The second-order valence-corrected chi connectivity index (χ2v) is 7.70. The lowest BCUT2D eigenvalue weighted by Gasteiger charge is -2.32. The van der Waals surface area contributed by atoms with Crippen LogP contribution in [0, 0.1) is 5.92 Å². The van der Waals surface area contributed by atoms with Gasteiger partial charge in [0, 0.05) is 26.2 Å². The fourth-order valence-corrected chi connectivity index (χ4v) is 4.98. The molecule has 0 bridgehead atoms. The molecule has 0 aromatic heterocycles. The summed E-state index contributed by atoms with van der Waals surface area (Å²) in [5, 5.41) is 0.996. The van der Waals surface area contributed by atoms with Gasteiger partial charge < -0.3 is 4.90 Å². The highest BCUT2D eigenvalue weighted by Crippen LogP contribution is 2.47. The summed E-state index contributed by atoms with van der Waals surface area (Å²) in [4.78, 5) is 27.6. The minimum Gasteiger partial charge on any atom is -0.304 e. The van der Waals surface area contributed by atoms with Gasteiger partial charge in [-0.25, -0.2) is 4.99 Å². The summed E-state index contributed by atoms with van der Waals surface area (Å²) in [7, 11) is 2.15. The molecule has 0 radical (unpaired) electrons. The molecule has 4 aliphatic rings. The lowest BCUT2D eigenvalue weighted by atomic mass is 9.89. The third-order valence-corrected chi connectivity index (χ3v) is 6.22. The summed E-state index contributed by atoms with van der Waals surface area (Å²) in [6, 6.07) is 0. The van der Waals surface area contributed by atoms with Crippen molar-refractivity contribution in [3.05, 3.63) is 10.5 Å². The lowest BCUT2D eigenvalue weighted by molar-refractivity contribution is -0.118. The molecular formula is C16H22N4OS. The van der Waals surface area contributed by atoms with Gasteiger partial charge in [0.15, 0.2) is 0 Å². The van der Waals surface area contributed by atoms with E-state index in [0.29, 0.717) is 12.4 Å². The van der Waals surface area contributed by atoms with Crippen LogP contribution in [0.25, 0.3) is 0 Å². The minimum atomic E-state index is -0.128. The molecule has 118 valence electrons. The predicted octanol–water partition coefficient (Wildman–Crippen LogP) is 1.76. The highest BCUT2D eigenvalue weighted by Gasteiger charge is 2.40. The molecular weight excluding hydrogens is 296 g/mol. The number of allylic oxidation sites excluding steroid dienone is 1. The number of hydrogen-bond acceptors (Lipinski definition) is 5. The van der Waals surface area contributed by atoms with Crippen LogP contribution in [0.3, 0.4) is 0 Å². The van der Waals surface area contributed by atoms with E-state index in [1.165, 1.54) is 23.3 Å². The smallest absolute Gasteiger partial charge is 0.261 e. The average molecular weight is 318 g/mol. The lowest BCUT2D eigenvalue weighted by Crippen LogP contribution is -2.46. The third-order valence-electron chi connectivity index (χ3n) is 4.97. The molecule has 6 heteroatoms. The Labute approximate surface area is 135 Å². The van der Waals surface area contributed by atoms with Crippen LogP contribution in [0.4, 0.5) is 0 Å². The van der Waals surface area contributed by atoms with E-state index < -0.39 is 0 Å². The number of carbonyl (C=O) groups is 1. The van der Waals surface area contributed by atoms with Crippen LogP contribution in [0.1, 0.15) is 25.7 Å². The first kappa shape index (κ1) is 14.6. The van der Waals surface area contributed by atoms with Crippen molar-refractivity contribution in [1.82, 2.24) is 9.80 Å². The number of fused-ring (bicyclic) bond motifs is 2. The second kappa shape index (κ2) is 5.91. The van der Waals surface area contributed by atoms with E-state index in [-0.39, 0.29) is 11.8 Å². The number of thioether (sulfide) groups is 1. The van der Waals surface area contributed by atoms with Crippen LogP contribution in [-0.2, 0) is 4.79 Å². The van der Waals surface area contributed by atoms with Gasteiger partial charge in [0.05, 0.1) is 11.6 Å². The zero-order valence-corrected chi connectivity index (χ0v) is 13.9. The molecule has 1 atom stereocenters. The van der Waals surface area contributed by atoms with Gasteiger partial charge in [-0.15, -0.1) is 0 Å². The van der Waals surface area contributed by atoms with Crippen molar-refractivity contribution in [1.29, 1.82) is 0 Å². The van der Waals surface area contributed by atoms with Crippen molar-refractivity contribution < 1.29 is 4.79 Å². The zero-order chi connectivity index (χ0) is 15.1. The van der Waals surface area contributed by atoms with Crippen molar-refractivity contribution >= 4 is 28.5 Å². The standard InChI is InChI=1S/C16H22N4OS/c1-19-6-8-20(9-7-19)10-13-17-15(21)14-11-4-2-3-5-12(11)22-16(14)18-13/h14H,2-10H2,1H3. The first-order valence-electron chi connectivity index (χ1n) is 8.21. The highest BCUT2D eigenvalue weighted by atomic mass is 32.2. The Bertz CT molecular complexity index is 587. The van der Waals surface area contributed by atoms with Gasteiger partial charge in [0.2, 0.25) is 0 Å². The summed E-state index contributed by atoms with van der Waals surface area (Å²) in [5.74, 6) is 0.609. The molecule has 4 rings (SSSR count). The van der Waals surface area contributed by atoms with Crippen molar-refractivity contribution in [3.8, 4) is 0 Å². The van der Waals surface area contributed by atoms with E-state index in [9.17, 15) is 4.79 Å². The van der Waals surface area contributed by atoms with Gasteiger partial charge in [-0.3, -0.25) is 9.69 Å². The van der Waals surface area contributed by atoms with Crippen LogP contribution < -0.4 is 0 Å². The number of nitrogens with zero attached hydrogens (tertiary/aromatic N) is 4. The Morgan fingerprint density at radius 2 is 1.91 bits per heavy atom. The first-order valence-corrected chi connectivity index (χ1v) is 9.03. The van der Waals surface area contributed by atoms with E-state index >= 15 is 0 Å². The van der Waals surface area contributed by atoms with E-state index in [2.05, 4.69) is 21.8 Å². The number of amides is 1. The quantitative estimate of drug-likeness (QED) is 0.778. The molecule has 22 heavy (non-hydrogen) atoms. The number of likely N-dealkylation sites (N-methyl/N-ethyl adjacent to an activating group) is 1. The molecule has 1 aliphatic carbocycles. The SMILES string of the molecule is CN1CCN(CC2=NC(=O)C3C(=N2)SC2=C3CCCC2)CC1. The normalized spacial score (nSPS) is 30.0. The van der Waals surface area contributed by atoms with Gasteiger partial charge in [-0.2, -0.15) is 4.99 Å². The maximum absolute atomic E-state index is 12.5. The van der Waals surface area contributed by atoms with Gasteiger partial charge in [0.1, 0.15) is 11.8 Å². The van der Waals surface area contributed by atoms with Gasteiger partial charge in [-0.1, -0.05) is 11.8 Å². The van der Waals surface area contributed by atoms with Gasteiger partial charge in [0.25, 0.3) is 5.91 Å². The number of amidine groups is 1. The fraction of sp³-hybridized carbons (Fsp3) is 0.688. The van der Waals surface area contributed by atoms with Gasteiger partial charge in [-0.05, 0) is 43.2 Å². The number of aliphatic imine (C=N–C) groups is 2. The average Bonchev–Trinajstić information content (AvgIpc) is 2.88. The Kier molecular flexibility index (Phi) is 3.92. The molecule has 1 amide bonds. The predicted molar refractivity (Wildman–Crippen MR) is 90.4 cm³/mol.